The first-order valence-corrected chi connectivity index (χ1v) is 8.01. The molecule has 1 fully saturated rings. The van der Waals surface area contributed by atoms with Crippen molar-refractivity contribution in [3.8, 4) is 0 Å². The minimum absolute atomic E-state index is 0.0214. The van der Waals surface area contributed by atoms with E-state index < -0.39 is 6.10 Å². The smallest absolute Gasteiger partial charge is 0.252 e. The van der Waals surface area contributed by atoms with E-state index in [4.69, 9.17) is 4.74 Å². The van der Waals surface area contributed by atoms with Crippen LogP contribution in [0, 0.1) is 5.82 Å². The molecule has 122 valence electrons. The van der Waals surface area contributed by atoms with Gasteiger partial charge in [0.2, 0.25) is 0 Å². The third kappa shape index (κ3) is 4.27. The molecule has 0 bridgehead atoms. The molecule has 1 aromatic carbocycles. The normalized spacial score (nSPS) is 20.0. The number of halogens is 1. The number of nitrogens with zero attached hydrogens (tertiary/aromatic N) is 1. The molecule has 22 heavy (non-hydrogen) atoms. The van der Waals surface area contributed by atoms with Gasteiger partial charge >= 0.3 is 0 Å². The summed E-state index contributed by atoms with van der Waals surface area (Å²) in [7, 11) is 0. The molecule has 0 aromatic heterocycles. The summed E-state index contributed by atoms with van der Waals surface area (Å²) in [5.74, 6) is -0.297. The molecule has 4 nitrogen and oxygen atoms in total. The standard InChI is InChI=1S/C17H25FN2O2/c1-3-4-10-22-13(2)17(21)20-9-8-19-12-16(20)14-6-5-7-15(18)11-14/h5-7,11,13,16,19H,3-4,8-10,12H2,1-2H3. The van der Waals surface area contributed by atoms with Gasteiger partial charge in [0.25, 0.3) is 5.91 Å². The van der Waals surface area contributed by atoms with Crippen LogP contribution in [-0.4, -0.2) is 43.2 Å². The predicted molar refractivity (Wildman–Crippen MR) is 84.0 cm³/mol. The van der Waals surface area contributed by atoms with Gasteiger partial charge < -0.3 is 15.0 Å². The highest BCUT2D eigenvalue weighted by Gasteiger charge is 2.31. The van der Waals surface area contributed by atoms with Crippen LogP contribution in [0.4, 0.5) is 4.39 Å². The number of carbonyl (C=O) groups is 1. The van der Waals surface area contributed by atoms with Gasteiger partial charge in [0.15, 0.2) is 0 Å². The lowest BCUT2D eigenvalue weighted by atomic mass is 10.0. The van der Waals surface area contributed by atoms with Crippen LogP contribution in [0.1, 0.15) is 38.3 Å². The first kappa shape index (κ1) is 16.9. The molecule has 1 amide bonds. The van der Waals surface area contributed by atoms with Gasteiger partial charge in [-0.15, -0.1) is 0 Å². The largest absolute Gasteiger partial charge is 0.369 e. The Labute approximate surface area is 131 Å². The average Bonchev–Trinajstić information content (AvgIpc) is 2.54. The predicted octanol–water partition coefficient (Wildman–Crippen LogP) is 2.50. The Balaban J connectivity index is 2.07. The number of unbranched alkanes of at least 4 members (excludes halogenated alkanes) is 1. The van der Waals surface area contributed by atoms with Crippen molar-refractivity contribution in [2.24, 2.45) is 0 Å². The number of hydrogen-bond acceptors (Lipinski definition) is 3. The van der Waals surface area contributed by atoms with Gasteiger partial charge in [0.05, 0.1) is 6.04 Å². The van der Waals surface area contributed by atoms with Crippen LogP contribution in [0.3, 0.4) is 0 Å². The summed E-state index contributed by atoms with van der Waals surface area (Å²) < 4.78 is 19.1. The summed E-state index contributed by atoms with van der Waals surface area (Å²) in [5.41, 5.74) is 0.821. The Bertz CT molecular complexity index is 495. The molecule has 0 saturated carbocycles. The van der Waals surface area contributed by atoms with Crippen molar-refractivity contribution in [2.75, 3.05) is 26.2 Å². The van der Waals surface area contributed by atoms with E-state index in [2.05, 4.69) is 12.2 Å². The molecule has 1 heterocycles. The molecule has 2 atom stereocenters. The van der Waals surface area contributed by atoms with Crippen LogP contribution in [0.15, 0.2) is 24.3 Å². The molecule has 1 N–H and O–H groups in total. The quantitative estimate of drug-likeness (QED) is 0.821. The zero-order valence-corrected chi connectivity index (χ0v) is 13.3. The molecule has 1 aliphatic rings. The van der Waals surface area contributed by atoms with Crippen LogP contribution < -0.4 is 5.32 Å². The van der Waals surface area contributed by atoms with Gasteiger partial charge in [0.1, 0.15) is 11.9 Å². The molecule has 0 aliphatic carbocycles. The highest BCUT2D eigenvalue weighted by Crippen LogP contribution is 2.24. The SMILES string of the molecule is CCCCOC(C)C(=O)N1CCNCC1c1cccc(F)c1. The first-order valence-electron chi connectivity index (χ1n) is 8.01. The van der Waals surface area contributed by atoms with Crippen molar-refractivity contribution >= 4 is 5.91 Å². The van der Waals surface area contributed by atoms with Crippen LogP contribution in [-0.2, 0) is 9.53 Å². The van der Waals surface area contributed by atoms with E-state index >= 15 is 0 Å². The van der Waals surface area contributed by atoms with E-state index in [0.29, 0.717) is 19.7 Å². The van der Waals surface area contributed by atoms with Crippen molar-refractivity contribution < 1.29 is 13.9 Å². The van der Waals surface area contributed by atoms with Crippen molar-refractivity contribution in [1.82, 2.24) is 10.2 Å². The topological polar surface area (TPSA) is 41.6 Å². The number of hydrogen-bond donors (Lipinski definition) is 1. The molecule has 1 aliphatic heterocycles. The molecular formula is C17H25FN2O2. The monoisotopic (exact) mass is 308 g/mol. The Hall–Kier alpha value is -1.46. The first-order chi connectivity index (χ1) is 10.6. The number of rotatable bonds is 6. The Morgan fingerprint density at radius 1 is 1.55 bits per heavy atom. The number of nitrogens with one attached hydrogen (secondary N) is 1. The van der Waals surface area contributed by atoms with Crippen molar-refractivity contribution in [3.05, 3.63) is 35.6 Å². The zero-order chi connectivity index (χ0) is 15.9. The minimum atomic E-state index is -0.458. The molecule has 1 saturated heterocycles. The number of benzene rings is 1. The minimum Gasteiger partial charge on any atom is -0.369 e. The fourth-order valence-corrected chi connectivity index (χ4v) is 2.69. The maximum absolute atomic E-state index is 13.5. The Morgan fingerprint density at radius 2 is 2.36 bits per heavy atom. The fraction of sp³-hybridized carbons (Fsp3) is 0.588. The van der Waals surface area contributed by atoms with Crippen LogP contribution in [0.25, 0.3) is 0 Å². The van der Waals surface area contributed by atoms with Gasteiger partial charge in [-0.05, 0) is 31.0 Å². The third-order valence-corrected chi connectivity index (χ3v) is 3.97. The maximum atomic E-state index is 13.5. The number of carbonyl (C=O) groups excluding carboxylic acids is 1. The summed E-state index contributed by atoms with van der Waals surface area (Å²) in [6, 6.07) is 6.32. The lowest BCUT2D eigenvalue weighted by Gasteiger charge is -2.38. The maximum Gasteiger partial charge on any atom is 0.252 e. The van der Waals surface area contributed by atoms with E-state index in [1.54, 1.807) is 13.0 Å². The molecule has 2 rings (SSSR count). The number of piperazine rings is 1. The second-order valence-electron chi connectivity index (χ2n) is 5.67. The van der Waals surface area contributed by atoms with Crippen LogP contribution >= 0.6 is 0 Å². The average molecular weight is 308 g/mol. The molecule has 2 unspecified atom stereocenters. The van der Waals surface area contributed by atoms with Gasteiger partial charge in [-0.2, -0.15) is 0 Å². The van der Waals surface area contributed by atoms with Gasteiger partial charge in [-0.1, -0.05) is 25.5 Å². The van der Waals surface area contributed by atoms with E-state index in [1.807, 2.05) is 11.0 Å². The van der Waals surface area contributed by atoms with E-state index in [-0.39, 0.29) is 17.8 Å². The highest BCUT2D eigenvalue weighted by atomic mass is 19.1. The van der Waals surface area contributed by atoms with Crippen molar-refractivity contribution in [2.45, 2.75) is 38.8 Å². The molecule has 5 heteroatoms. The summed E-state index contributed by atoms with van der Waals surface area (Å²) in [6.07, 6.45) is 1.54. The van der Waals surface area contributed by atoms with Gasteiger partial charge in [-0.25, -0.2) is 4.39 Å². The summed E-state index contributed by atoms with van der Waals surface area (Å²) >= 11 is 0. The lowest BCUT2D eigenvalue weighted by Crippen LogP contribution is -2.51. The van der Waals surface area contributed by atoms with Crippen molar-refractivity contribution in [3.63, 3.8) is 0 Å². The molecule has 0 spiro atoms. The zero-order valence-electron chi connectivity index (χ0n) is 13.3. The second kappa shape index (κ2) is 8.25. The van der Waals surface area contributed by atoms with Gasteiger partial charge in [0, 0.05) is 26.2 Å². The van der Waals surface area contributed by atoms with Crippen molar-refractivity contribution in [1.29, 1.82) is 0 Å². The summed E-state index contributed by atoms with van der Waals surface area (Å²) in [5, 5.41) is 3.27. The molecular weight excluding hydrogens is 283 g/mol. The summed E-state index contributed by atoms with van der Waals surface area (Å²) in [4.78, 5) is 14.4. The van der Waals surface area contributed by atoms with Crippen LogP contribution in [0.5, 0.6) is 0 Å². The second-order valence-corrected chi connectivity index (χ2v) is 5.67. The fourth-order valence-electron chi connectivity index (χ4n) is 2.69. The third-order valence-electron chi connectivity index (χ3n) is 3.97. The highest BCUT2D eigenvalue weighted by molar-refractivity contribution is 5.81. The molecule has 1 aromatic rings. The van der Waals surface area contributed by atoms with E-state index in [9.17, 15) is 9.18 Å². The number of ether oxygens (including phenoxy) is 1. The molecule has 0 radical (unpaired) electrons. The lowest BCUT2D eigenvalue weighted by molar-refractivity contribution is -0.146. The van der Waals surface area contributed by atoms with E-state index in [1.165, 1.54) is 12.1 Å². The summed E-state index contributed by atoms with van der Waals surface area (Å²) in [6.45, 7) is 6.48. The Kier molecular flexibility index (Phi) is 6.34. The van der Waals surface area contributed by atoms with E-state index in [0.717, 1.165) is 24.9 Å². The van der Waals surface area contributed by atoms with Crippen LogP contribution in [0.2, 0.25) is 0 Å². The number of amides is 1. The Morgan fingerprint density at radius 3 is 3.09 bits per heavy atom. The van der Waals surface area contributed by atoms with Gasteiger partial charge in [-0.3, -0.25) is 4.79 Å².